The Balaban J connectivity index is 1.63. The molecule has 2 aromatic carbocycles. The molecule has 0 fully saturated rings. The van der Waals surface area contributed by atoms with Gasteiger partial charge in [0.25, 0.3) is 0 Å². The molecule has 3 rings (SSSR count). The summed E-state index contributed by atoms with van der Waals surface area (Å²) in [5.41, 5.74) is 1.40. The maximum Gasteiger partial charge on any atom is 0.224 e. The molecule has 0 aliphatic carbocycles. The summed E-state index contributed by atoms with van der Waals surface area (Å²) < 4.78 is 17.2. The number of aromatic nitrogens is 1. The first-order valence-electron chi connectivity index (χ1n) is 8.42. The zero-order chi connectivity index (χ0) is 20.1. The first-order valence-corrected chi connectivity index (χ1v) is 9.59. The molecule has 3 aromatic rings. The highest BCUT2D eigenvalue weighted by atomic mass is 79.9. The molecule has 146 valence electrons. The van der Waals surface area contributed by atoms with Gasteiger partial charge in [-0.2, -0.15) is 0 Å². The summed E-state index contributed by atoms with van der Waals surface area (Å²) in [6.45, 7) is 0. The van der Waals surface area contributed by atoms with Crippen molar-refractivity contribution in [3.05, 3.63) is 58.0 Å². The fourth-order valence-electron chi connectivity index (χ4n) is 2.56. The van der Waals surface area contributed by atoms with Crippen LogP contribution in [0.25, 0.3) is 11.3 Å². The lowest BCUT2D eigenvalue weighted by atomic mass is 10.2. The van der Waals surface area contributed by atoms with Gasteiger partial charge in [0, 0.05) is 35.0 Å². The first kappa shape index (κ1) is 20.2. The molecule has 28 heavy (non-hydrogen) atoms. The van der Waals surface area contributed by atoms with Crippen molar-refractivity contribution in [1.82, 2.24) is 4.98 Å². The fourth-order valence-corrected chi connectivity index (χ4v) is 3.06. The number of aryl methyl sites for hydroxylation is 1. The Morgan fingerprint density at radius 3 is 2.57 bits per heavy atom. The van der Waals surface area contributed by atoms with E-state index < -0.39 is 0 Å². The number of carbonyl (C=O) groups is 1. The minimum atomic E-state index is -0.203. The van der Waals surface area contributed by atoms with Crippen LogP contribution in [0.3, 0.4) is 0 Å². The van der Waals surface area contributed by atoms with Crippen LogP contribution >= 0.6 is 27.5 Å². The van der Waals surface area contributed by atoms with Crippen molar-refractivity contribution in [3.63, 3.8) is 0 Å². The van der Waals surface area contributed by atoms with Gasteiger partial charge in [0.05, 0.1) is 31.1 Å². The van der Waals surface area contributed by atoms with Crippen LogP contribution in [0.2, 0.25) is 5.02 Å². The SMILES string of the molecule is COc1cc(NC(=O)CCc2ncc(-c3ccc(Br)cc3)o2)c(OC)cc1Cl. The number of anilines is 1. The average Bonchev–Trinajstić information content (AvgIpc) is 3.17. The molecule has 0 atom stereocenters. The van der Waals surface area contributed by atoms with Gasteiger partial charge in [-0.05, 0) is 12.1 Å². The number of nitrogens with zero attached hydrogens (tertiary/aromatic N) is 1. The van der Waals surface area contributed by atoms with Crippen molar-refractivity contribution in [2.75, 3.05) is 19.5 Å². The summed E-state index contributed by atoms with van der Waals surface area (Å²) in [7, 11) is 3.01. The predicted molar refractivity (Wildman–Crippen MR) is 111 cm³/mol. The molecule has 0 bridgehead atoms. The Kier molecular flexibility index (Phi) is 6.59. The van der Waals surface area contributed by atoms with Crippen LogP contribution in [0.1, 0.15) is 12.3 Å². The third kappa shape index (κ3) is 4.85. The average molecular weight is 466 g/mol. The molecule has 1 amide bonds. The van der Waals surface area contributed by atoms with E-state index in [1.807, 2.05) is 24.3 Å². The van der Waals surface area contributed by atoms with Gasteiger partial charge in [-0.15, -0.1) is 0 Å². The highest BCUT2D eigenvalue weighted by Gasteiger charge is 2.14. The fraction of sp³-hybridized carbons (Fsp3) is 0.200. The second-order valence-electron chi connectivity index (χ2n) is 5.86. The monoisotopic (exact) mass is 464 g/mol. The van der Waals surface area contributed by atoms with Gasteiger partial charge in [0.2, 0.25) is 5.91 Å². The number of oxazole rings is 1. The Morgan fingerprint density at radius 1 is 1.18 bits per heavy atom. The number of methoxy groups -OCH3 is 2. The second kappa shape index (κ2) is 9.12. The lowest BCUT2D eigenvalue weighted by molar-refractivity contribution is -0.116. The number of amides is 1. The van der Waals surface area contributed by atoms with E-state index in [1.165, 1.54) is 14.2 Å². The molecule has 0 saturated carbocycles. The Bertz CT molecular complexity index is 973. The lowest BCUT2D eigenvalue weighted by Gasteiger charge is -2.13. The molecule has 1 aromatic heterocycles. The van der Waals surface area contributed by atoms with Crippen molar-refractivity contribution < 1.29 is 18.7 Å². The number of benzene rings is 2. The van der Waals surface area contributed by atoms with Crippen molar-refractivity contribution in [2.24, 2.45) is 0 Å². The smallest absolute Gasteiger partial charge is 0.224 e. The highest BCUT2D eigenvalue weighted by Crippen LogP contribution is 2.36. The Labute approximate surface area is 175 Å². The molecule has 0 unspecified atom stereocenters. The van der Waals surface area contributed by atoms with Crippen LogP contribution < -0.4 is 14.8 Å². The second-order valence-corrected chi connectivity index (χ2v) is 7.18. The standard InChI is InChI=1S/C20H18BrClN2O4/c1-26-16-10-15(17(27-2)9-14(16)22)24-19(25)7-8-20-23-11-18(28-20)12-3-5-13(21)6-4-12/h3-6,9-11H,7-8H2,1-2H3,(H,24,25). The van der Waals surface area contributed by atoms with Gasteiger partial charge >= 0.3 is 0 Å². The molecule has 1 heterocycles. The quantitative estimate of drug-likeness (QED) is 0.509. The summed E-state index contributed by atoms with van der Waals surface area (Å²) >= 11 is 9.48. The number of rotatable bonds is 7. The third-order valence-corrected chi connectivity index (χ3v) is 4.82. The number of hydrogen-bond donors (Lipinski definition) is 1. The number of ether oxygens (including phenoxy) is 2. The maximum atomic E-state index is 12.3. The van der Waals surface area contributed by atoms with Crippen molar-refractivity contribution in [1.29, 1.82) is 0 Å². The van der Waals surface area contributed by atoms with E-state index in [2.05, 4.69) is 26.2 Å². The highest BCUT2D eigenvalue weighted by molar-refractivity contribution is 9.10. The topological polar surface area (TPSA) is 73.6 Å². The molecule has 0 spiro atoms. The zero-order valence-electron chi connectivity index (χ0n) is 15.3. The van der Waals surface area contributed by atoms with Crippen LogP contribution in [-0.2, 0) is 11.2 Å². The molecule has 8 heteroatoms. The first-order chi connectivity index (χ1) is 13.5. The van der Waals surface area contributed by atoms with Crippen LogP contribution in [0.5, 0.6) is 11.5 Å². The Morgan fingerprint density at radius 2 is 1.89 bits per heavy atom. The molecule has 0 aliphatic rings. The predicted octanol–water partition coefficient (Wildman–Crippen LogP) is 5.35. The van der Waals surface area contributed by atoms with Crippen molar-refractivity contribution >= 4 is 39.1 Å². The van der Waals surface area contributed by atoms with Gasteiger partial charge in [0.1, 0.15) is 11.5 Å². The minimum absolute atomic E-state index is 0.203. The Hall–Kier alpha value is -2.51. The van der Waals surface area contributed by atoms with Gasteiger partial charge < -0.3 is 19.2 Å². The van der Waals surface area contributed by atoms with E-state index in [1.54, 1.807) is 18.3 Å². The van der Waals surface area contributed by atoms with E-state index in [-0.39, 0.29) is 12.3 Å². The van der Waals surface area contributed by atoms with Gasteiger partial charge in [-0.1, -0.05) is 39.7 Å². The maximum absolute atomic E-state index is 12.3. The summed E-state index contributed by atoms with van der Waals surface area (Å²) in [4.78, 5) is 16.6. The summed E-state index contributed by atoms with van der Waals surface area (Å²) in [5.74, 6) is 1.85. The lowest BCUT2D eigenvalue weighted by Crippen LogP contribution is -2.13. The number of carbonyl (C=O) groups excluding carboxylic acids is 1. The molecule has 0 saturated heterocycles. The summed E-state index contributed by atoms with van der Waals surface area (Å²) in [5, 5.41) is 3.20. The molecule has 0 aliphatic heterocycles. The van der Waals surface area contributed by atoms with Crippen molar-refractivity contribution in [2.45, 2.75) is 12.8 Å². The van der Waals surface area contributed by atoms with Crippen LogP contribution in [-0.4, -0.2) is 25.1 Å². The largest absolute Gasteiger partial charge is 0.495 e. The van der Waals surface area contributed by atoms with E-state index in [4.69, 9.17) is 25.5 Å². The van der Waals surface area contributed by atoms with Crippen LogP contribution in [0, 0.1) is 0 Å². The van der Waals surface area contributed by atoms with Crippen LogP contribution in [0.4, 0.5) is 5.69 Å². The van der Waals surface area contributed by atoms with Crippen molar-refractivity contribution in [3.8, 4) is 22.8 Å². The minimum Gasteiger partial charge on any atom is -0.495 e. The van der Waals surface area contributed by atoms with Gasteiger partial charge in [-0.3, -0.25) is 4.79 Å². The summed E-state index contributed by atoms with van der Waals surface area (Å²) in [6, 6.07) is 10.9. The zero-order valence-corrected chi connectivity index (χ0v) is 17.6. The summed E-state index contributed by atoms with van der Waals surface area (Å²) in [6.07, 6.45) is 2.23. The molecule has 1 N–H and O–H groups in total. The molecular formula is C20H18BrClN2O4. The number of hydrogen-bond acceptors (Lipinski definition) is 5. The molecular weight excluding hydrogens is 448 g/mol. The van der Waals surface area contributed by atoms with Gasteiger partial charge in [0.15, 0.2) is 11.7 Å². The van der Waals surface area contributed by atoms with E-state index >= 15 is 0 Å². The third-order valence-electron chi connectivity index (χ3n) is 4.00. The van der Waals surface area contributed by atoms with E-state index in [0.29, 0.717) is 40.3 Å². The van der Waals surface area contributed by atoms with Gasteiger partial charge in [-0.25, -0.2) is 4.98 Å². The molecule has 6 nitrogen and oxygen atoms in total. The van der Waals surface area contributed by atoms with E-state index in [9.17, 15) is 4.79 Å². The number of nitrogens with one attached hydrogen (secondary N) is 1. The van der Waals surface area contributed by atoms with Crippen LogP contribution in [0.15, 0.2) is 51.5 Å². The molecule has 0 radical (unpaired) electrons. The normalized spacial score (nSPS) is 10.6. The van der Waals surface area contributed by atoms with E-state index in [0.717, 1.165) is 10.0 Å². The number of halogens is 2.